The predicted molar refractivity (Wildman–Crippen MR) is 266 cm³/mol. The number of nitrogens with zero attached hydrogens (tertiary/aromatic N) is 5. The highest BCUT2D eigenvalue weighted by atomic mass is 33.1. The zero-order chi connectivity index (χ0) is 50.1. The maximum atomic E-state index is 13.2. The normalized spacial score (nSPS) is 11.7. The molecule has 1 aromatic heterocycles. The van der Waals surface area contributed by atoms with Crippen molar-refractivity contribution >= 4 is 63.5 Å². The molecule has 0 aliphatic rings. The summed E-state index contributed by atoms with van der Waals surface area (Å²) in [6.45, 7) is 10.5. The minimum absolute atomic E-state index is 0.0230. The van der Waals surface area contributed by atoms with Crippen LogP contribution in [0.25, 0.3) is 11.1 Å². The summed E-state index contributed by atoms with van der Waals surface area (Å²) in [5, 5.41) is 8.58. The molecule has 3 amide bonds. The third-order valence-corrected chi connectivity index (χ3v) is 10.2. The van der Waals surface area contributed by atoms with Crippen LogP contribution >= 0.6 is 21.6 Å². The number of carbonyl (C=O) groups is 3. The molecule has 0 saturated heterocycles. The number of guanidine groups is 4. The van der Waals surface area contributed by atoms with Crippen molar-refractivity contribution in [2.75, 3.05) is 58.4 Å². The number of benzene rings is 2. The standard InChI is InChI=1S/C43H64N14O9S2/c1-42(2,3)65-40(59)56-38(48)53-19-23-62-33-27(26-55-31(58)15-25-67-68-32-12-7-8-16-50-32)13-14-29(35(33)64-24-20-54-39(49)57-41(60)66-43(4,5)6)28-10-9-11-30(61-21-17-51-36(44)45)34(28)63-22-18-52-37(46)47/h7-14,16H,15,17-26H2,1-6H3,(H,55,58)(H4,44,45,51)(H4,46,47,52)(H3,48,53,56,59)(H3,49,54,57,60). The third kappa shape index (κ3) is 22.4. The summed E-state index contributed by atoms with van der Waals surface area (Å²) >= 11 is 0. The van der Waals surface area contributed by atoms with E-state index in [0.29, 0.717) is 28.2 Å². The molecule has 3 aromatic rings. The molecule has 0 spiro atoms. The van der Waals surface area contributed by atoms with Gasteiger partial charge in [0.2, 0.25) is 5.91 Å². The fourth-order valence-electron chi connectivity index (χ4n) is 5.34. The quantitative estimate of drug-likeness (QED) is 0.0270. The molecule has 0 fully saturated rings. The molecule has 23 nitrogen and oxygen atoms in total. The van der Waals surface area contributed by atoms with E-state index in [4.69, 9.17) is 62.8 Å². The Balaban J connectivity index is 2.09. The molecule has 372 valence electrons. The lowest BCUT2D eigenvalue weighted by Gasteiger charge is -2.22. The molecule has 68 heavy (non-hydrogen) atoms. The van der Waals surface area contributed by atoms with Gasteiger partial charge in [-0.2, -0.15) is 0 Å². The number of nitrogens with one attached hydrogen (secondary N) is 3. The Bertz CT molecular complexity index is 2230. The van der Waals surface area contributed by atoms with Gasteiger partial charge in [0.15, 0.2) is 46.8 Å². The highest BCUT2D eigenvalue weighted by Gasteiger charge is 2.24. The van der Waals surface area contributed by atoms with Crippen LogP contribution in [0.15, 0.2) is 79.7 Å². The second-order valence-electron chi connectivity index (χ2n) is 16.0. The van der Waals surface area contributed by atoms with Crippen molar-refractivity contribution in [1.82, 2.24) is 20.9 Å². The Morgan fingerprint density at radius 1 is 0.618 bits per heavy atom. The van der Waals surface area contributed by atoms with Crippen molar-refractivity contribution in [3.05, 3.63) is 60.3 Å². The van der Waals surface area contributed by atoms with E-state index in [1.165, 1.54) is 21.6 Å². The highest BCUT2D eigenvalue weighted by molar-refractivity contribution is 8.76. The largest absolute Gasteiger partial charge is 0.488 e. The smallest absolute Gasteiger partial charge is 0.414 e. The van der Waals surface area contributed by atoms with Crippen LogP contribution in [0, 0.1) is 0 Å². The fraction of sp³-hybridized carbons (Fsp3) is 0.442. The van der Waals surface area contributed by atoms with Crippen LogP contribution in [0.4, 0.5) is 9.59 Å². The molecule has 0 unspecified atom stereocenters. The molecule has 1 heterocycles. The van der Waals surface area contributed by atoms with Gasteiger partial charge in [-0.1, -0.05) is 35.1 Å². The Morgan fingerprint density at radius 3 is 1.69 bits per heavy atom. The van der Waals surface area contributed by atoms with Gasteiger partial charge in [0.25, 0.3) is 0 Å². The van der Waals surface area contributed by atoms with E-state index in [2.05, 4.69) is 40.9 Å². The number of hydrogen-bond acceptors (Lipinski definition) is 16. The number of rotatable bonds is 24. The SMILES string of the molecule is CC(C)(C)OC(=O)NC(N)=NCCOc1c(CNC(=O)CCSSc2ccccn2)ccc(-c2cccc(OCCN=C(N)N)c2OCCN=C(N)N)c1OCCN=C(N)NC(=O)OC(C)(C)C. The van der Waals surface area contributed by atoms with Gasteiger partial charge < -0.3 is 68.1 Å². The summed E-state index contributed by atoms with van der Waals surface area (Å²) < 4.78 is 35.9. The molecule has 0 radical (unpaired) electrons. The van der Waals surface area contributed by atoms with Crippen LogP contribution in [0.3, 0.4) is 0 Å². The van der Waals surface area contributed by atoms with Crippen LogP contribution in [0.2, 0.25) is 0 Å². The molecule has 0 aliphatic heterocycles. The molecular formula is C43H64N14O9S2. The van der Waals surface area contributed by atoms with Crippen LogP contribution < -0.4 is 69.3 Å². The van der Waals surface area contributed by atoms with Gasteiger partial charge in [0.1, 0.15) is 42.7 Å². The molecule has 0 atom stereocenters. The molecular weight excluding hydrogens is 921 g/mol. The number of aliphatic imine (C=N–C) groups is 4. The molecule has 15 N–H and O–H groups in total. The van der Waals surface area contributed by atoms with Crippen molar-refractivity contribution in [3.8, 4) is 34.1 Å². The fourth-order valence-corrected chi connectivity index (χ4v) is 7.21. The van der Waals surface area contributed by atoms with Gasteiger partial charge in [-0.05, 0) is 76.6 Å². The van der Waals surface area contributed by atoms with E-state index in [0.717, 1.165) is 5.03 Å². The zero-order valence-corrected chi connectivity index (χ0v) is 40.8. The number of nitrogens with two attached hydrogens (primary N) is 6. The zero-order valence-electron chi connectivity index (χ0n) is 39.2. The minimum Gasteiger partial charge on any atom is -0.488 e. The van der Waals surface area contributed by atoms with Gasteiger partial charge >= 0.3 is 12.2 Å². The lowest BCUT2D eigenvalue weighted by Crippen LogP contribution is -2.40. The van der Waals surface area contributed by atoms with E-state index >= 15 is 0 Å². The van der Waals surface area contributed by atoms with Gasteiger partial charge in [-0.3, -0.25) is 25.4 Å². The van der Waals surface area contributed by atoms with E-state index in [1.54, 1.807) is 78.1 Å². The Labute approximate surface area is 403 Å². The van der Waals surface area contributed by atoms with Crippen LogP contribution in [0.1, 0.15) is 53.5 Å². The van der Waals surface area contributed by atoms with E-state index < -0.39 is 23.4 Å². The first-order valence-electron chi connectivity index (χ1n) is 21.2. The summed E-state index contributed by atoms with van der Waals surface area (Å²) in [5.74, 6) is 0.711. The van der Waals surface area contributed by atoms with Gasteiger partial charge in [0, 0.05) is 41.6 Å². The molecule has 0 aliphatic carbocycles. The number of pyridine rings is 1. The minimum atomic E-state index is -0.782. The van der Waals surface area contributed by atoms with E-state index in [9.17, 15) is 14.4 Å². The molecule has 0 saturated carbocycles. The number of aromatic nitrogens is 1. The van der Waals surface area contributed by atoms with Crippen LogP contribution in [0.5, 0.6) is 23.0 Å². The van der Waals surface area contributed by atoms with Crippen molar-refractivity contribution < 1.29 is 42.8 Å². The van der Waals surface area contributed by atoms with Gasteiger partial charge in [0.05, 0.1) is 26.2 Å². The summed E-state index contributed by atoms with van der Waals surface area (Å²) in [6, 6.07) is 14.4. The molecule has 25 heteroatoms. The Kier molecular flexibility index (Phi) is 23.0. The van der Waals surface area contributed by atoms with Crippen molar-refractivity contribution in [1.29, 1.82) is 0 Å². The van der Waals surface area contributed by atoms with Crippen molar-refractivity contribution in [3.63, 3.8) is 0 Å². The van der Waals surface area contributed by atoms with Gasteiger partial charge in [-0.25, -0.2) is 24.6 Å². The van der Waals surface area contributed by atoms with Crippen molar-refractivity contribution in [2.24, 2.45) is 54.4 Å². The molecule has 3 rings (SSSR count). The number of carbonyl (C=O) groups excluding carboxylic acids is 3. The average molecular weight is 985 g/mol. The Hall–Kier alpha value is -7.02. The molecule has 0 bridgehead atoms. The summed E-state index contributed by atoms with van der Waals surface area (Å²) in [7, 11) is 2.98. The maximum absolute atomic E-state index is 13.2. The lowest BCUT2D eigenvalue weighted by atomic mass is 9.99. The number of alkyl carbamates (subject to hydrolysis) is 2. The van der Waals surface area contributed by atoms with E-state index in [1.807, 2.05) is 18.2 Å². The van der Waals surface area contributed by atoms with E-state index in [-0.39, 0.29) is 113 Å². The average Bonchev–Trinajstić information content (AvgIpc) is 3.24. The predicted octanol–water partition coefficient (Wildman–Crippen LogP) is 2.94. The number of para-hydroxylation sites is 1. The van der Waals surface area contributed by atoms with Crippen molar-refractivity contribution in [2.45, 2.75) is 70.7 Å². The lowest BCUT2D eigenvalue weighted by molar-refractivity contribution is -0.120. The number of ether oxygens (including phenoxy) is 6. The first-order valence-corrected chi connectivity index (χ1v) is 23.5. The monoisotopic (exact) mass is 984 g/mol. The highest BCUT2D eigenvalue weighted by Crippen LogP contribution is 2.47. The van der Waals surface area contributed by atoms with Gasteiger partial charge in [-0.15, -0.1) is 0 Å². The topological polar surface area (TPSA) is 361 Å². The maximum Gasteiger partial charge on any atom is 0.414 e. The van der Waals surface area contributed by atoms with Crippen LogP contribution in [-0.4, -0.2) is 116 Å². The Morgan fingerprint density at radius 2 is 1.15 bits per heavy atom. The number of amides is 3. The second kappa shape index (κ2) is 28.2. The summed E-state index contributed by atoms with van der Waals surface area (Å²) in [4.78, 5) is 58.7. The second-order valence-corrected chi connectivity index (χ2v) is 18.4. The summed E-state index contributed by atoms with van der Waals surface area (Å²) in [6.07, 6.45) is 0.361. The summed E-state index contributed by atoms with van der Waals surface area (Å²) in [5.41, 5.74) is 34.2. The third-order valence-electron chi connectivity index (χ3n) is 7.91. The number of hydrogen-bond donors (Lipinski definition) is 9. The van der Waals surface area contributed by atoms with Crippen LogP contribution in [-0.2, 0) is 20.8 Å². The molecule has 2 aromatic carbocycles. The first kappa shape index (κ1) is 55.3. The first-order chi connectivity index (χ1) is 32.2.